The highest BCUT2D eigenvalue weighted by Gasteiger charge is 2.55. The van der Waals surface area contributed by atoms with E-state index < -0.39 is 11.7 Å². The lowest BCUT2D eigenvalue weighted by Crippen LogP contribution is -2.58. The largest absolute Gasteiger partial charge is 0.392 e. The lowest BCUT2D eigenvalue weighted by Gasteiger charge is -2.55. The molecule has 2 rings (SSSR count). The highest BCUT2D eigenvalue weighted by Crippen LogP contribution is 2.53. The first-order chi connectivity index (χ1) is 7.39. The smallest absolute Gasteiger partial charge is 0.0768 e. The van der Waals surface area contributed by atoms with Crippen molar-refractivity contribution in [1.82, 2.24) is 0 Å². The molecule has 1 fully saturated rings. The van der Waals surface area contributed by atoms with Crippen molar-refractivity contribution in [3.63, 3.8) is 0 Å². The van der Waals surface area contributed by atoms with Crippen LogP contribution in [0.2, 0.25) is 0 Å². The van der Waals surface area contributed by atoms with Crippen molar-refractivity contribution < 1.29 is 10.2 Å². The van der Waals surface area contributed by atoms with Crippen molar-refractivity contribution in [3.05, 3.63) is 24.3 Å². The summed E-state index contributed by atoms with van der Waals surface area (Å²) in [5.74, 6) is 0.250. The van der Waals surface area contributed by atoms with E-state index in [4.69, 9.17) is 0 Å². The summed E-state index contributed by atoms with van der Waals surface area (Å²) in [5, 5.41) is 21.1. The Morgan fingerprint density at radius 2 is 2.00 bits per heavy atom. The predicted octanol–water partition coefficient (Wildman–Crippen LogP) is 2.42. The molecule has 0 aromatic carbocycles. The van der Waals surface area contributed by atoms with Crippen molar-refractivity contribution in [2.24, 2.45) is 11.3 Å². The van der Waals surface area contributed by atoms with Gasteiger partial charge in [-0.1, -0.05) is 31.2 Å². The first-order valence-corrected chi connectivity index (χ1v) is 6.10. The van der Waals surface area contributed by atoms with Crippen molar-refractivity contribution in [3.8, 4) is 0 Å². The van der Waals surface area contributed by atoms with Crippen LogP contribution >= 0.6 is 0 Å². The summed E-state index contributed by atoms with van der Waals surface area (Å²) in [6.45, 7) is 7.96. The van der Waals surface area contributed by atoms with Crippen molar-refractivity contribution in [2.45, 2.75) is 51.2 Å². The van der Waals surface area contributed by atoms with E-state index in [1.165, 1.54) is 0 Å². The van der Waals surface area contributed by atoms with Gasteiger partial charge in [-0.2, -0.15) is 0 Å². The summed E-state index contributed by atoms with van der Waals surface area (Å²) in [7, 11) is 0. The third kappa shape index (κ3) is 1.56. The van der Waals surface area contributed by atoms with Crippen LogP contribution in [0.1, 0.15) is 39.5 Å². The maximum absolute atomic E-state index is 10.8. The molecule has 0 amide bonds. The number of rotatable bonds is 1. The van der Waals surface area contributed by atoms with E-state index in [0.717, 1.165) is 24.8 Å². The molecule has 0 heterocycles. The number of aliphatic hydroxyl groups is 2. The van der Waals surface area contributed by atoms with Gasteiger partial charge in [-0.15, -0.1) is 0 Å². The lowest BCUT2D eigenvalue weighted by atomic mass is 9.55. The Morgan fingerprint density at radius 3 is 2.62 bits per heavy atom. The van der Waals surface area contributed by atoms with E-state index in [9.17, 15) is 10.2 Å². The first-order valence-electron chi connectivity index (χ1n) is 6.10. The minimum atomic E-state index is -0.761. The molecule has 0 unspecified atom stereocenters. The van der Waals surface area contributed by atoms with Crippen LogP contribution in [-0.2, 0) is 0 Å². The molecule has 2 N–H and O–H groups in total. The fourth-order valence-corrected chi connectivity index (χ4v) is 3.19. The normalized spacial score (nSPS) is 47.5. The summed E-state index contributed by atoms with van der Waals surface area (Å²) in [6.07, 6.45) is 6.59. The molecule has 4 atom stereocenters. The molecule has 2 aliphatic carbocycles. The Hall–Kier alpha value is -0.600. The second-order valence-corrected chi connectivity index (χ2v) is 5.83. The summed E-state index contributed by atoms with van der Waals surface area (Å²) < 4.78 is 0. The van der Waals surface area contributed by atoms with Gasteiger partial charge in [-0.25, -0.2) is 0 Å². The van der Waals surface area contributed by atoms with E-state index >= 15 is 0 Å². The Morgan fingerprint density at radius 1 is 1.38 bits per heavy atom. The van der Waals surface area contributed by atoms with Crippen LogP contribution in [0.15, 0.2) is 24.3 Å². The second kappa shape index (κ2) is 3.71. The van der Waals surface area contributed by atoms with Crippen LogP contribution in [0.4, 0.5) is 0 Å². The molecule has 0 saturated heterocycles. The van der Waals surface area contributed by atoms with Crippen LogP contribution in [-0.4, -0.2) is 21.9 Å². The Balaban J connectivity index is 2.32. The van der Waals surface area contributed by atoms with E-state index in [1.54, 1.807) is 0 Å². The van der Waals surface area contributed by atoms with E-state index in [1.807, 2.05) is 19.9 Å². The van der Waals surface area contributed by atoms with Crippen LogP contribution < -0.4 is 0 Å². The van der Waals surface area contributed by atoms with Gasteiger partial charge in [0.1, 0.15) is 0 Å². The van der Waals surface area contributed by atoms with Gasteiger partial charge in [-0.05, 0) is 38.5 Å². The summed E-state index contributed by atoms with van der Waals surface area (Å²) >= 11 is 0. The topological polar surface area (TPSA) is 40.5 Å². The molecule has 90 valence electrons. The van der Waals surface area contributed by atoms with Gasteiger partial charge >= 0.3 is 0 Å². The molecular weight excluding hydrogens is 200 g/mol. The van der Waals surface area contributed by atoms with Crippen molar-refractivity contribution >= 4 is 0 Å². The molecule has 2 nitrogen and oxygen atoms in total. The SMILES string of the molecule is C=C(C)[C@@H]1C[C@@H](O)[C@]2(C)CC=CC[C@]2(O)C1. The van der Waals surface area contributed by atoms with Gasteiger partial charge < -0.3 is 10.2 Å². The predicted molar refractivity (Wildman–Crippen MR) is 65.0 cm³/mol. The Bertz CT molecular complexity index is 334. The number of hydrogen-bond acceptors (Lipinski definition) is 2. The molecule has 16 heavy (non-hydrogen) atoms. The van der Waals surface area contributed by atoms with Gasteiger partial charge in [0.2, 0.25) is 0 Å². The van der Waals surface area contributed by atoms with Gasteiger partial charge in [0.25, 0.3) is 0 Å². The molecule has 0 spiro atoms. The second-order valence-electron chi connectivity index (χ2n) is 5.83. The number of fused-ring (bicyclic) bond motifs is 1. The first kappa shape index (κ1) is 11.9. The van der Waals surface area contributed by atoms with Gasteiger partial charge in [0, 0.05) is 5.41 Å². The number of allylic oxidation sites excluding steroid dienone is 2. The fourth-order valence-electron chi connectivity index (χ4n) is 3.19. The molecule has 1 saturated carbocycles. The van der Waals surface area contributed by atoms with Crippen molar-refractivity contribution in [1.29, 1.82) is 0 Å². The average Bonchev–Trinajstić information content (AvgIpc) is 2.20. The minimum absolute atomic E-state index is 0.250. The zero-order valence-corrected chi connectivity index (χ0v) is 10.2. The quantitative estimate of drug-likeness (QED) is 0.669. The standard InChI is InChI=1S/C14H22O2/c1-10(2)11-8-12(15)13(3)6-4-5-7-14(13,16)9-11/h4-5,11-12,15-16H,1,6-9H2,2-3H3/t11-,12-,13+,14+/m1/s1. The molecular formula is C14H22O2. The molecule has 0 bridgehead atoms. The zero-order valence-electron chi connectivity index (χ0n) is 10.2. The third-order valence-electron chi connectivity index (χ3n) is 4.75. The summed E-state index contributed by atoms with van der Waals surface area (Å²) in [6, 6.07) is 0. The maximum atomic E-state index is 10.8. The van der Waals surface area contributed by atoms with Gasteiger partial charge in [0.05, 0.1) is 11.7 Å². The highest BCUT2D eigenvalue weighted by molar-refractivity contribution is 5.17. The average molecular weight is 222 g/mol. The van der Waals surface area contributed by atoms with E-state index in [-0.39, 0.29) is 11.3 Å². The Labute approximate surface area is 97.7 Å². The molecule has 0 aromatic heterocycles. The lowest BCUT2D eigenvalue weighted by molar-refractivity contribution is -0.174. The molecule has 0 aromatic rings. The number of aliphatic hydroxyl groups excluding tert-OH is 1. The maximum Gasteiger partial charge on any atom is 0.0768 e. The fraction of sp³-hybridized carbons (Fsp3) is 0.714. The van der Waals surface area contributed by atoms with E-state index in [0.29, 0.717) is 6.42 Å². The van der Waals surface area contributed by atoms with Gasteiger partial charge in [0.15, 0.2) is 0 Å². The molecule has 0 radical (unpaired) electrons. The van der Waals surface area contributed by atoms with Crippen molar-refractivity contribution in [2.75, 3.05) is 0 Å². The highest BCUT2D eigenvalue weighted by atomic mass is 16.3. The van der Waals surface area contributed by atoms with Crippen LogP contribution in [0, 0.1) is 11.3 Å². The van der Waals surface area contributed by atoms with Gasteiger partial charge in [-0.3, -0.25) is 0 Å². The number of hydrogen-bond donors (Lipinski definition) is 2. The minimum Gasteiger partial charge on any atom is -0.392 e. The zero-order chi connectivity index (χ0) is 12.0. The Kier molecular flexibility index (Phi) is 2.75. The van der Waals surface area contributed by atoms with E-state index in [2.05, 4.69) is 12.7 Å². The summed E-state index contributed by atoms with van der Waals surface area (Å²) in [5.41, 5.74) is -0.0689. The third-order valence-corrected chi connectivity index (χ3v) is 4.75. The van der Waals surface area contributed by atoms with Crippen LogP contribution in [0.25, 0.3) is 0 Å². The summed E-state index contributed by atoms with van der Waals surface area (Å²) in [4.78, 5) is 0. The molecule has 0 aliphatic heterocycles. The molecule has 2 heteroatoms. The molecule has 2 aliphatic rings. The van der Waals surface area contributed by atoms with Crippen LogP contribution in [0.3, 0.4) is 0 Å². The monoisotopic (exact) mass is 222 g/mol. The van der Waals surface area contributed by atoms with Crippen LogP contribution in [0.5, 0.6) is 0 Å².